The number of esters is 1. The Morgan fingerprint density at radius 3 is 1.53 bits per heavy atom. The molecule has 11 heteroatoms. The van der Waals surface area contributed by atoms with Crippen molar-refractivity contribution >= 4 is 23.9 Å². The Kier molecular flexibility index (Phi) is 37.2. The molecule has 58 heavy (non-hydrogen) atoms. The van der Waals surface area contributed by atoms with E-state index in [1.165, 1.54) is 109 Å². The smallest absolute Gasteiger partial charge is 0.408 e. The third kappa shape index (κ3) is 36.7. The Labute approximate surface area is 355 Å². The molecule has 0 saturated heterocycles. The first-order valence-corrected chi connectivity index (χ1v) is 23.9. The molecular weight excluding hydrogens is 735 g/mol. The van der Waals surface area contributed by atoms with E-state index in [9.17, 15) is 24.3 Å². The van der Waals surface area contributed by atoms with Gasteiger partial charge in [0.1, 0.15) is 17.7 Å². The molecular formula is C47H91N3O8. The monoisotopic (exact) mass is 826 g/mol. The number of nitrogens with one attached hydrogen (secondary N) is 3. The molecule has 0 aliphatic carbocycles. The number of aliphatic hydroxyl groups is 1. The molecule has 0 aliphatic heterocycles. The average Bonchev–Trinajstić information content (AvgIpc) is 3.17. The molecule has 0 radical (unpaired) electrons. The summed E-state index contributed by atoms with van der Waals surface area (Å²) in [4.78, 5) is 51.1. The van der Waals surface area contributed by atoms with Gasteiger partial charge < -0.3 is 35.3 Å². The Balaban J connectivity index is 5.12. The van der Waals surface area contributed by atoms with E-state index in [4.69, 9.17) is 14.2 Å². The number of carbonyl (C=O) groups excluding carboxylic acids is 4. The molecule has 0 fully saturated rings. The molecule has 0 aromatic heterocycles. The third-order valence-electron chi connectivity index (χ3n) is 10.4. The number of unbranched alkanes of at least 4 members (excludes halogenated alkanes) is 22. The Morgan fingerprint density at radius 1 is 0.586 bits per heavy atom. The second-order valence-corrected chi connectivity index (χ2v) is 17.4. The number of aliphatic hydroxyl groups excluding tert-OH is 1. The topological polar surface area (TPSA) is 152 Å². The molecule has 3 atom stereocenters. The Morgan fingerprint density at radius 2 is 1.05 bits per heavy atom. The zero-order chi connectivity index (χ0) is 43.1. The zero-order valence-corrected chi connectivity index (χ0v) is 38.4. The maximum atomic E-state index is 13.0. The van der Waals surface area contributed by atoms with Crippen LogP contribution in [0.25, 0.3) is 0 Å². The van der Waals surface area contributed by atoms with Crippen molar-refractivity contribution in [1.29, 1.82) is 0 Å². The summed E-state index contributed by atoms with van der Waals surface area (Å²) >= 11 is 0. The molecule has 11 nitrogen and oxygen atoms in total. The lowest BCUT2D eigenvalue weighted by molar-refractivity contribution is -0.150. The number of rotatable bonds is 40. The summed E-state index contributed by atoms with van der Waals surface area (Å²) in [5.74, 6) is -0.852. The van der Waals surface area contributed by atoms with Gasteiger partial charge in [-0.1, -0.05) is 162 Å². The molecule has 0 spiro atoms. The normalized spacial score (nSPS) is 13.1. The van der Waals surface area contributed by atoms with E-state index < -0.39 is 36.3 Å². The van der Waals surface area contributed by atoms with E-state index in [0.717, 1.165) is 57.8 Å². The number of carbonyl (C=O) groups is 4. The molecule has 0 unspecified atom stereocenters. The molecule has 0 aromatic rings. The predicted molar refractivity (Wildman–Crippen MR) is 237 cm³/mol. The van der Waals surface area contributed by atoms with Crippen LogP contribution >= 0.6 is 0 Å². The summed E-state index contributed by atoms with van der Waals surface area (Å²) in [7, 11) is 0. The Hall–Kier alpha value is -2.40. The fourth-order valence-electron chi connectivity index (χ4n) is 6.90. The highest BCUT2D eigenvalue weighted by atomic mass is 16.6. The van der Waals surface area contributed by atoms with Crippen molar-refractivity contribution in [1.82, 2.24) is 16.0 Å². The van der Waals surface area contributed by atoms with Gasteiger partial charge in [0.05, 0.1) is 25.9 Å². The van der Waals surface area contributed by atoms with Crippen LogP contribution in [-0.2, 0) is 28.6 Å². The first kappa shape index (κ1) is 55.6. The standard InChI is InChI=1S/C47H91N3O8/c1-7-10-13-16-18-20-21-23-24-27-30-33-43(52)49-40(37-48-45(54)42(38-51)50-46(55)58-47(4,5)6)39-56-36-35-41(32-29-26-15-12-9-3)57-44(53)34-31-28-25-22-19-17-14-11-8-2/h40-42,51H,7-39H2,1-6H3,(H,48,54)(H,49,52)(H,50,55)/t40-,41+,42-/m0/s1. The highest BCUT2D eigenvalue weighted by Gasteiger charge is 2.25. The van der Waals surface area contributed by atoms with Crippen molar-refractivity contribution < 1.29 is 38.5 Å². The molecule has 0 aliphatic rings. The van der Waals surface area contributed by atoms with E-state index >= 15 is 0 Å². The van der Waals surface area contributed by atoms with Gasteiger partial charge in [-0.2, -0.15) is 0 Å². The molecule has 0 rings (SSSR count). The number of hydrogen-bond donors (Lipinski definition) is 4. The van der Waals surface area contributed by atoms with Gasteiger partial charge >= 0.3 is 12.1 Å². The van der Waals surface area contributed by atoms with Crippen LogP contribution in [-0.4, -0.2) is 79.1 Å². The van der Waals surface area contributed by atoms with Gasteiger partial charge in [0, 0.05) is 25.8 Å². The highest BCUT2D eigenvalue weighted by Crippen LogP contribution is 2.16. The molecule has 342 valence electrons. The minimum Gasteiger partial charge on any atom is -0.462 e. The van der Waals surface area contributed by atoms with E-state index in [1.807, 2.05) is 0 Å². The van der Waals surface area contributed by atoms with Crippen LogP contribution in [0.3, 0.4) is 0 Å². The first-order valence-electron chi connectivity index (χ1n) is 23.9. The summed E-state index contributed by atoms with van der Waals surface area (Å²) in [6, 6.07) is -1.75. The van der Waals surface area contributed by atoms with Crippen LogP contribution in [0, 0.1) is 0 Å². The minimum atomic E-state index is -1.22. The maximum Gasteiger partial charge on any atom is 0.408 e. The lowest BCUT2D eigenvalue weighted by Crippen LogP contribution is -2.53. The maximum absolute atomic E-state index is 13.0. The van der Waals surface area contributed by atoms with Gasteiger partial charge in [-0.05, 0) is 46.5 Å². The number of hydrogen-bond acceptors (Lipinski definition) is 8. The fourth-order valence-corrected chi connectivity index (χ4v) is 6.90. The van der Waals surface area contributed by atoms with E-state index in [0.29, 0.717) is 25.9 Å². The molecule has 0 saturated carbocycles. The van der Waals surface area contributed by atoms with Crippen molar-refractivity contribution in [2.75, 3.05) is 26.4 Å². The van der Waals surface area contributed by atoms with Crippen molar-refractivity contribution in [3.63, 3.8) is 0 Å². The molecule has 4 N–H and O–H groups in total. The van der Waals surface area contributed by atoms with Crippen molar-refractivity contribution in [3.05, 3.63) is 0 Å². The van der Waals surface area contributed by atoms with Gasteiger partial charge in [-0.25, -0.2) is 4.79 Å². The largest absolute Gasteiger partial charge is 0.462 e. The number of amides is 3. The predicted octanol–water partition coefficient (Wildman–Crippen LogP) is 10.8. The first-order chi connectivity index (χ1) is 27.9. The zero-order valence-electron chi connectivity index (χ0n) is 38.4. The van der Waals surface area contributed by atoms with Crippen LogP contribution in [0.5, 0.6) is 0 Å². The van der Waals surface area contributed by atoms with E-state index in [1.54, 1.807) is 20.8 Å². The molecule has 0 heterocycles. The van der Waals surface area contributed by atoms with E-state index in [2.05, 4.69) is 36.7 Å². The second kappa shape index (κ2) is 38.8. The summed E-state index contributed by atoms with van der Waals surface area (Å²) < 4.78 is 17.3. The second-order valence-electron chi connectivity index (χ2n) is 17.4. The summed E-state index contributed by atoms with van der Waals surface area (Å²) in [6.07, 6.45) is 30.7. The number of alkyl carbamates (subject to hydrolysis) is 1. The van der Waals surface area contributed by atoms with E-state index in [-0.39, 0.29) is 31.1 Å². The van der Waals surface area contributed by atoms with Crippen LogP contribution in [0.4, 0.5) is 4.79 Å². The third-order valence-corrected chi connectivity index (χ3v) is 10.4. The lowest BCUT2D eigenvalue weighted by atomic mass is 10.1. The Bertz CT molecular complexity index is 1000. The van der Waals surface area contributed by atoms with Gasteiger partial charge in [-0.15, -0.1) is 0 Å². The van der Waals surface area contributed by atoms with Gasteiger partial charge in [0.15, 0.2) is 0 Å². The minimum absolute atomic E-state index is 0.0455. The van der Waals surface area contributed by atoms with Crippen LogP contribution < -0.4 is 16.0 Å². The quantitative estimate of drug-likeness (QED) is 0.0352. The van der Waals surface area contributed by atoms with Crippen LogP contribution in [0.15, 0.2) is 0 Å². The fraction of sp³-hybridized carbons (Fsp3) is 0.915. The molecule has 0 aromatic carbocycles. The van der Waals surface area contributed by atoms with Gasteiger partial charge in [-0.3, -0.25) is 14.4 Å². The van der Waals surface area contributed by atoms with Crippen molar-refractivity contribution in [3.8, 4) is 0 Å². The average molecular weight is 826 g/mol. The van der Waals surface area contributed by atoms with Gasteiger partial charge in [0.2, 0.25) is 11.8 Å². The highest BCUT2D eigenvalue weighted by molar-refractivity contribution is 5.86. The molecule has 3 amide bonds. The molecule has 0 bridgehead atoms. The number of ether oxygens (including phenoxy) is 3. The van der Waals surface area contributed by atoms with Crippen LogP contribution in [0.1, 0.15) is 228 Å². The SMILES string of the molecule is CCCCCCCCCCCCCC(=O)N[C@@H](CNC(=O)[C@H](CO)NC(=O)OC(C)(C)C)COCC[C@@H](CCCCCCC)OC(=O)CCCCCCCCCCC. The van der Waals surface area contributed by atoms with Crippen LogP contribution in [0.2, 0.25) is 0 Å². The van der Waals surface area contributed by atoms with Crippen molar-refractivity contribution in [2.45, 2.75) is 252 Å². The van der Waals surface area contributed by atoms with Crippen molar-refractivity contribution in [2.24, 2.45) is 0 Å². The summed E-state index contributed by atoms with van der Waals surface area (Å²) in [5.41, 5.74) is -0.763. The summed E-state index contributed by atoms with van der Waals surface area (Å²) in [6.45, 7) is 11.7. The van der Waals surface area contributed by atoms with Gasteiger partial charge in [0.25, 0.3) is 0 Å². The summed E-state index contributed by atoms with van der Waals surface area (Å²) in [5, 5.41) is 18.0. The lowest BCUT2D eigenvalue weighted by Gasteiger charge is -2.24.